The summed E-state index contributed by atoms with van der Waals surface area (Å²) < 4.78 is 7.46. The lowest BCUT2D eigenvalue weighted by molar-refractivity contribution is -0.759. The number of ketones is 1. The quantitative estimate of drug-likeness (QED) is 0.238. The Hall–Kier alpha value is -3.94. The molecule has 0 spiro atoms. The SMILES string of the molecule is O=C(c1ccccc1)c1ccc2n1CCC2C(=O)OC(CO[N+](=O)[O-])c1ccccc1. The van der Waals surface area contributed by atoms with Gasteiger partial charge in [0.05, 0.1) is 11.6 Å². The second kappa shape index (κ2) is 8.83. The maximum absolute atomic E-state index is 12.9. The number of carbonyl (C=O) groups excluding carboxylic acids is 2. The van der Waals surface area contributed by atoms with Crippen LogP contribution in [0.2, 0.25) is 0 Å². The van der Waals surface area contributed by atoms with Gasteiger partial charge in [-0.15, -0.1) is 10.1 Å². The van der Waals surface area contributed by atoms with Gasteiger partial charge in [0.25, 0.3) is 5.09 Å². The summed E-state index contributed by atoms with van der Waals surface area (Å²) in [6.07, 6.45) is -0.421. The minimum absolute atomic E-state index is 0.109. The molecule has 2 aromatic carbocycles. The van der Waals surface area contributed by atoms with E-state index in [9.17, 15) is 19.7 Å². The number of hydrogen-bond donors (Lipinski definition) is 0. The molecule has 0 saturated heterocycles. The lowest BCUT2D eigenvalue weighted by Gasteiger charge is -2.19. The summed E-state index contributed by atoms with van der Waals surface area (Å²) in [4.78, 5) is 40.9. The first-order valence-electron chi connectivity index (χ1n) is 9.86. The maximum Gasteiger partial charge on any atom is 0.315 e. The number of rotatable bonds is 8. The fourth-order valence-electron chi connectivity index (χ4n) is 3.83. The van der Waals surface area contributed by atoms with Gasteiger partial charge in [0.2, 0.25) is 5.78 Å². The van der Waals surface area contributed by atoms with E-state index in [0.717, 1.165) is 0 Å². The summed E-state index contributed by atoms with van der Waals surface area (Å²) in [6.45, 7) is 0.117. The second-order valence-electron chi connectivity index (χ2n) is 7.19. The molecule has 158 valence electrons. The van der Waals surface area contributed by atoms with Crippen LogP contribution in [0.1, 0.15) is 45.8 Å². The zero-order valence-electron chi connectivity index (χ0n) is 16.5. The molecule has 0 fully saturated rings. The van der Waals surface area contributed by atoms with Gasteiger partial charge in [0.1, 0.15) is 6.61 Å². The Morgan fingerprint density at radius 1 is 1.03 bits per heavy atom. The van der Waals surface area contributed by atoms with E-state index in [1.54, 1.807) is 66.7 Å². The van der Waals surface area contributed by atoms with Crippen LogP contribution >= 0.6 is 0 Å². The van der Waals surface area contributed by atoms with Crippen molar-refractivity contribution in [1.29, 1.82) is 0 Å². The van der Waals surface area contributed by atoms with Crippen LogP contribution in [0.25, 0.3) is 0 Å². The summed E-state index contributed by atoms with van der Waals surface area (Å²) in [7, 11) is 0. The molecule has 1 aliphatic rings. The molecule has 1 aliphatic heterocycles. The van der Waals surface area contributed by atoms with E-state index < -0.39 is 29.7 Å². The highest BCUT2D eigenvalue weighted by Crippen LogP contribution is 2.34. The normalized spacial score (nSPS) is 15.7. The number of carbonyl (C=O) groups is 2. The van der Waals surface area contributed by atoms with Crippen molar-refractivity contribution >= 4 is 11.8 Å². The first-order valence-corrected chi connectivity index (χ1v) is 9.86. The molecular weight excluding hydrogens is 400 g/mol. The van der Waals surface area contributed by atoms with Gasteiger partial charge in [0, 0.05) is 17.8 Å². The van der Waals surface area contributed by atoms with Crippen LogP contribution in [0.3, 0.4) is 0 Å². The van der Waals surface area contributed by atoms with Gasteiger partial charge in [-0.1, -0.05) is 60.7 Å². The lowest BCUT2D eigenvalue weighted by Crippen LogP contribution is -2.21. The second-order valence-corrected chi connectivity index (χ2v) is 7.19. The van der Waals surface area contributed by atoms with Gasteiger partial charge in [0.15, 0.2) is 6.10 Å². The van der Waals surface area contributed by atoms with Gasteiger partial charge in [-0.05, 0) is 24.1 Å². The predicted octanol–water partition coefficient (Wildman–Crippen LogP) is 3.70. The number of benzene rings is 2. The zero-order chi connectivity index (χ0) is 21.8. The third kappa shape index (κ3) is 4.32. The molecule has 4 rings (SSSR count). The highest BCUT2D eigenvalue weighted by atomic mass is 17.0. The first kappa shape index (κ1) is 20.3. The Morgan fingerprint density at radius 2 is 1.71 bits per heavy atom. The average Bonchev–Trinajstić information content (AvgIpc) is 3.39. The zero-order valence-corrected chi connectivity index (χ0v) is 16.5. The Morgan fingerprint density at radius 3 is 2.39 bits per heavy atom. The standard InChI is InChI=1S/C23H20N2O6/c26-22(17-9-5-2-6-10-17)20-12-11-19-18(13-14-24(19)20)23(27)31-21(15-30-25(28)29)16-7-3-1-4-8-16/h1-12,18,21H,13-15H2. The van der Waals surface area contributed by atoms with Crippen LogP contribution in [-0.2, 0) is 20.9 Å². The summed E-state index contributed by atoms with van der Waals surface area (Å²) in [5, 5.41) is 9.72. The lowest BCUT2D eigenvalue weighted by atomic mass is 10.0. The van der Waals surface area contributed by atoms with Crippen LogP contribution in [0.4, 0.5) is 0 Å². The van der Waals surface area contributed by atoms with Crippen molar-refractivity contribution < 1.29 is 24.3 Å². The maximum atomic E-state index is 12.9. The number of fused-ring (bicyclic) bond motifs is 1. The van der Waals surface area contributed by atoms with Gasteiger partial charge >= 0.3 is 5.97 Å². The predicted molar refractivity (Wildman–Crippen MR) is 110 cm³/mol. The largest absolute Gasteiger partial charge is 0.455 e. The van der Waals surface area contributed by atoms with E-state index in [1.807, 2.05) is 10.6 Å². The Balaban J connectivity index is 1.52. The van der Waals surface area contributed by atoms with Crippen LogP contribution in [0.15, 0.2) is 72.8 Å². The molecule has 8 nitrogen and oxygen atoms in total. The van der Waals surface area contributed by atoms with E-state index in [0.29, 0.717) is 35.5 Å². The minimum Gasteiger partial charge on any atom is -0.455 e. The van der Waals surface area contributed by atoms with Gasteiger partial charge in [-0.2, -0.15) is 0 Å². The Kier molecular flexibility index (Phi) is 5.79. The molecule has 0 N–H and O–H groups in total. The monoisotopic (exact) mass is 420 g/mol. The van der Waals surface area contributed by atoms with E-state index in [1.165, 1.54) is 0 Å². The van der Waals surface area contributed by atoms with Crippen molar-refractivity contribution in [3.63, 3.8) is 0 Å². The Labute approximate surface area is 178 Å². The van der Waals surface area contributed by atoms with E-state index in [2.05, 4.69) is 4.84 Å². The smallest absolute Gasteiger partial charge is 0.315 e. The minimum atomic E-state index is -0.911. The van der Waals surface area contributed by atoms with E-state index >= 15 is 0 Å². The van der Waals surface area contributed by atoms with Crippen molar-refractivity contribution in [2.75, 3.05) is 6.61 Å². The summed E-state index contributed by atoms with van der Waals surface area (Å²) >= 11 is 0. The van der Waals surface area contributed by atoms with Crippen LogP contribution in [0, 0.1) is 10.1 Å². The summed E-state index contributed by atoms with van der Waals surface area (Å²) in [5.74, 6) is -1.17. The van der Waals surface area contributed by atoms with E-state index in [4.69, 9.17) is 4.74 Å². The van der Waals surface area contributed by atoms with Crippen LogP contribution in [-0.4, -0.2) is 28.0 Å². The molecule has 0 radical (unpaired) electrons. The third-order valence-corrected chi connectivity index (χ3v) is 5.33. The Bertz CT molecular complexity index is 1090. The molecular formula is C23H20N2O6. The molecule has 0 bridgehead atoms. The fourth-order valence-corrected chi connectivity index (χ4v) is 3.83. The molecule has 0 amide bonds. The van der Waals surface area contributed by atoms with Crippen molar-refractivity contribution in [2.45, 2.75) is 25.0 Å². The van der Waals surface area contributed by atoms with Crippen molar-refractivity contribution in [3.8, 4) is 0 Å². The highest BCUT2D eigenvalue weighted by Gasteiger charge is 2.34. The highest BCUT2D eigenvalue weighted by molar-refractivity contribution is 6.08. The molecule has 0 aliphatic carbocycles. The third-order valence-electron chi connectivity index (χ3n) is 5.33. The molecule has 2 atom stereocenters. The number of ether oxygens (including phenoxy) is 1. The van der Waals surface area contributed by atoms with Gasteiger partial charge < -0.3 is 14.1 Å². The average molecular weight is 420 g/mol. The van der Waals surface area contributed by atoms with Crippen molar-refractivity contribution in [2.24, 2.45) is 0 Å². The van der Waals surface area contributed by atoms with Crippen molar-refractivity contribution in [1.82, 2.24) is 4.57 Å². The van der Waals surface area contributed by atoms with Gasteiger partial charge in [-0.25, -0.2) is 0 Å². The van der Waals surface area contributed by atoms with Crippen LogP contribution < -0.4 is 0 Å². The molecule has 2 unspecified atom stereocenters. The number of hydrogen-bond acceptors (Lipinski definition) is 6. The number of esters is 1. The molecule has 2 heterocycles. The molecule has 3 aromatic rings. The van der Waals surface area contributed by atoms with Gasteiger partial charge in [-0.3, -0.25) is 9.59 Å². The molecule has 1 aromatic heterocycles. The first-order chi connectivity index (χ1) is 15.0. The molecule has 0 saturated carbocycles. The fraction of sp³-hybridized carbons (Fsp3) is 0.217. The summed E-state index contributed by atoms with van der Waals surface area (Å²) in [5.41, 5.74) is 2.40. The number of nitrogens with zero attached hydrogens (tertiary/aromatic N) is 2. The van der Waals surface area contributed by atoms with Crippen molar-refractivity contribution in [3.05, 3.63) is 105 Å². The number of aromatic nitrogens is 1. The van der Waals surface area contributed by atoms with Crippen LogP contribution in [0.5, 0.6) is 0 Å². The molecule has 31 heavy (non-hydrogen) atoms. The van der Waals surface area contributed by atoms with E-state index in [-0.39, 0.29) is 5.78 Å². The summed E-state index contributed by atoms with van der Waals surface area (Å²) in [6, 6.07) is 21.2. The topological polar surface area (TPSA) is 101 Å². The molecule has 8 heteroatoms.